The zero-order valence-electron chi connectivity index (χ0n) is 7.86. The molecule has 1 N–H and O–H groups in total. The molecule has 72 valence electrons. The monoisotopic (exact) mass is 182 g/mol. The summed E-state index contributed by atoms with van der Waals surface area (Å²) in [6.45, 7) is -0.0448. The Bertz CT molecular complexity index is 256. The lowest BCUT2D eigenvalue weighted by atomic mass is 10.1. The number of hydrogen-bond acceptors (Lipinski definition) is 3. The average Bonchev–Trinajstić information content (AvgIpc) is 2.20. The van der Waals surface area contributed by atoms with Crippen molar-refractivity contribution in [1.82, 2.24) is 0 Å². The van der Waals surface area contributed by atoms with E-state index >= 15 is 0 Å². The highest BCUT2D eigenvalue weighted by atomic mass is 16.5. The van der Waals surface area contributed by atoms with Crippen molar-refractivity contribution in [2.24, 2.45) is 0 Å². The van der Waals surface area contributed by atoms with Gasteiger partial charge in [0, 0.05) is 12.7 Å². The molecule has 0 saturated heterocycles. The van der Waals surface area contributed by atoms with Crippen LogP contribution < -0.4 is 4.74 Å². The van der Waals surface area contributed by atoms with Crippen molar-refractivity contribution in [2.45, 2.75) is 6.10 Å². The van der Waals surface area contributed by atoms with Gasteiger partial charge < -0.3 is 14.6 Å². The van der Waals surface area contributed by atoms with Crippen LogP contribution in [0, 0.1) is 0 Å². The lowest BCUT2D eigenvalue weighted by Crippen LogP contribution is -2.07. The molecule has 0 aliphatic heterocycles. The molecule has 1 aromatic rings. The van der Waals surface area contributed by atoms with Crippen LogP contribution in [0.15, 0.2) is 24.3 Å². The number of hydrogen-bond donors (Lipinski definition) is 1. The molecule has 0 aromatic heterocycles. The van der Waals surface area contributed by atoms with E-state index in [4.69, 9.17) is 14.6 Å². The van der Waals surface area contributed by atoms with E-state index in [1.807, 2.05) is 24.3 Å². The number of aliphatic hydroxyl groups excluding tert-OH is 1. The molecule has 13 heavy (non-hydrogen) atoms. The van der Waals surface area contributed by atoms with Crippen LogP contribution in [0.3, 0.4) is 0 Å². The van der Waals surface area contributed by atoms with Crippen LogP contribution in [-0.2, 0) is 4.74 Å². The standard InChI is InChI=1S/C10H14O3/c1-12-9-6-4-3-5-8(9)10(7-11)13-2/h3-6,10-11H,7H2,1-2H3/t10-/m1/s1. The molecule has 0 heterocycles. The van der Waals surface area contributed by atoms with Gasteiger partial charge in [0.1, 0.15) is 11.9 Å². The van der Waals surface area contributed by atoms with Crippen LogP contribution in [-0.4, -0.2) is 25.9 Å². The molecule has 0 unspecified atom stereocenters. The van der Waals surface area contributed by atoms with Gasteiger partial charge in [0.2, 0.25) is 0 Å². The van der Waals surface area contributed by atoms with Crippen molar-refractivity contribution in [2.75, 3.05) is 20.8 Å². The molecule has 0 amide bonds. The number of methoxy groups -OCH3 is 2. The van der Waals surface area contributed by atoms with Gasteiger partial charge in [-0.15, -0.1) is 0 Å². The van der Waals surface area contributed by atoms with Crippen LogP contribution in [0.25, 0.3) is 0 Å². The highest BCUT2D eigenvalue weighted by molar-refractivity contribution is 5.35. The van der Waals surface area contributed by atoms with E-state index in [2.05, 4.69) is 0 Å². The molecule has 3 nitrogen and oxygen atoms in total. The van der Waals surface area contributed by atoms with E-state index < -0.39 is 0 Å². The Morgan fingerprint density at radius 2 is 2.00 bits per heavy atom. The summed E-state index contributed by atoms with van der Waals surface area (Å²) in [5.41, 5.74) is 0.870. The maximum absolute atomic E-state index is 9.02. The summed E-state index contributed by atoms with van der Waals surface area (Å²) < 4.78 is 10.2. The normalized spacial score (nSPS) is 12.5. The Morgan fingerprint density at radius 3 is 2.54 bits per heavy atom. The third-order valence-electron chi connectivity index (χ3n) is 1.94. The second-order valence-corrected chi connectivity index (χ2v) is 2.65. The second-order valence-electron chi connectivity index (χ2n) is 2.65. The summed E-state index contributed by atoms with van der Waals surface area (Å²) in [6.07, 6.45) is -0.309. The van der Waals surface area contributed by atoms with Crippen LogP contribution in [0.4, 0.5) is 0 Å². The number of rotatable bonds is 4. The summed E-state index contributed by atoms with van der Waals surface area (Å²) in [5, 5.41) is 9.02. The van der Waals surface area contributed by atoms with E-state index in [0.717, 1.165) is 11.3 Å². The predicted octanol–water partition coefficient (Wildman–Crippen LogP) is 1.37. The van der Waals surface area contributed by atoms with E-state index in [1.54, 1.807) is 14.2 Å². The fraction of sp³-hybridized carbons (Fsp3) is 0.400. The number of para-hydroxylation sites is 1. The summed E-state index contributed by atoms with van der Waals surface area (Å²) in [4.78, 5) is 0. The minimum absolute atomic E-state index is 0.0448. The number of benzene rings is 1. The smallest absolute Gasteiger partial charge is 0.124 e. The summed E-state index contributed by atoms with van der Waals surface area (Å²) in [7, 11) is 3.16. The van der Waals surface area contributed by atoms with Gasteiger partial charge in [0.05, 0.1) is 13.7 Å². The molecule has 0 bridgehead atoms. The molecule has 0 fully saturated rings. The fourth-order valence-corrected chi connectivity index (χ4v) is 1.23. The van der Waals surface area contributed by atoms with E-state index in [-0.39, 0.29) is 12.7 Å². The third-order valence-corrected chi connectivity index (χ3v) is 1.94. The Labute approximate surface area is 77.9 Å². The Hall–Kier alpha value is -1.06. The average molecular weight is 182 g/mol. The van der Waals surface area contributed by atoms with Crippen LogP contribution in [0.5, 0.6) is 5.75 Å². The van der Waals surface area contributed by atoms with Gasteiger partial charge in [-0.25, -0.2) is 0 Å². The van der Waals surface area contributed by atoms with Crippen molar-refractivity contribution in [3.63, 3.8) is 0 Å². The van der Waals surface area contributed by atoms with E-state index in [1.165, 1.54) is 0 Å². The molecule has 0 aliphatic rings. The summed E-state index contributed by atoms with van der Waals surface area (Å²) >= 11 is 0. The van der Waals surface area contributed by atoms with Gasteiger partial charge >= 0.3 is 0 Å². The lowest BCUT2D eigenvalue weighted by molar-refractivity contribution is 0.0467. The first kappa shape index (κ1) is 10.0. The van der Waals surface area contributed by atoms with Crippen molar-refractivity contribution in [3.8, 4) is 5.75 Å². The second kappa shape index (κ2) is 4.84. The quantitative estimate of drug-likeness (QED) is 0.764. The molecule has 1 aromatic carbocycles. The first-order valence-electron chi connectivity index (χ1n) is 4.10. The van der Waals surface area contributed by atoms with Crippen LogP contribution in [0.1, 0.15) is 11.7 Å². The van der Waals surface area contributed by atoms with E-state index in [0.29, 0.717) is 0 Å². The van der Waals surface area contributed by atoms with E-state index in [9.17, 15) is 0 Å². The van der Waals surface area contributed by atoms with Crippen molar-refractivity contribution in [3.05, 3.63) is 29.8 Å². The summed E-state index contributed by atoms with van der Waals surface area (Å²) in [5.74, 6) is 0.739. The molecule has 0 aliphatic carbocycles. The topological polar surface area (TPSA) is 38.7 Å². The minimum atomic E-state index is -0.309. The molecule has 1 rings (SSSR count). The maximum atomic E-state index is 9.02. The first-order valence-corrected chi connectivity index (χ1v) is 4.10. The highest BCUT2D eigenvalue weighted by Crippen LogP contribution is 2.26. The SMILES string of the molecule is COc1ccccc1[C@@H](CO)OC. The van der Waals surface area contributed by atoms with Gasteiger partial charge in [0.15, 0.2) is 0 Å². The fourth-order valence-electron chi connectivity index (χ4n) is 1.23. The molecule has 0 spiro atoms. The third kappa shape index (κ3) is 2.20. The highest BCUT2D eigenvalue weighted by Gasteiger charge is 2.13. The van der Waals surface area contributed by atoms with Gasteiger partial charge in [0.25, 0.3) is 0 Å². The molecular formula is C10H14O3. The summed E-state index contributed by atoms with van der Waals surface area (Å²) in [6, 6.07) is 7.49. The minimum Gasteiger partial charge on any atom is -0.496 e. The van der Waals surface area contributed by atoms with Crippen molar-refractivity contribution >= 4 is 0 Å². The van der Waals surface area contributed by atoms with Crippen LogP contribution in [0.2, 0.25) is 0 Å². The zero-order chi connectivity index (χ0) is 9.68. The largest absolute Gasteiger partial charge is 0.496 e. The van der Waals surface area contributed by atoms with Crippen LogP contribution >= 0.6 is 0 Å². The van der Waals surface area contributed by atoms with Gasteiger partial charge in [-0.3, -0.25) is 0 Å². The Kier molecular flexibility index (Phi) is 3.73. The first-order chi connectivity index (χ1) is 6.33. The molecule has 0 radical (unpaired) electrons. The van der Waals surface area contributed by atoms with Crippen molar-refractivity contribution < 1.29 is 14.6 Å². The number of ether oxygens (including phenoxy) is 2. The van der Waals surface area contributed by atoms with Gasteiger partial charge in [-0.2, -0.15) is 0 Å². The Morgan fingerprint density at radius 1 is 1.31 bits per heavy atom. The molecule has 1 atom stereocenters. The zero-order valence-corrected chi connectivity index (χ0v) is 7.86. The molecule has 3 heteroatoms. The van der Waals surface area contributed by atoms with Crippen molar-refractivity contribution in [1.29, 1.82) is 0 Å². The maximum Gasteiger partial charge on any atom is 0.124 e. The Balaban J connectivity index is 2.96. The molecular weight excluding hydrogens is 168 g/mol. The predicted molar refractivity (Wildman–Crippen MR) is 49.8 cm³/mol. The molecule has 0 saturated carbocycles. The number of aliphatic hydroxyl groups is 1. The van der Waals surface area contributed by atoms with Gasteiger partial charge in [-0.1, -0.05) is 18.2 Å². The lowest BCUT2D eigenvalue weighted by Gasteiger charge is -2.15. The van der Waals surface area contributed by atoms with Gasteiger partial charge in [-0.05, 0) is 6.07 Å².